The first kappa shape index (κ1) is 17.0. The van der Waals surface area contributed by atoms with E-state index in [1.807, 2.05) is 13.8 Å². The number of aryl methyl sites for hydroxylation is 2. The molecule has 1 heterocycles. The molecule has 1 saturated carbocycles. The van der Waals surface area contributed by atoms with Gasteiger partial charge in [0, 0.05) is 15.8 Å². The Kier molecular flexibility index (Phi) is 4.42. The molecule has 1 fully saturated rings. The zero-order chi connectivity index (χ0) is 17.5. The minimum absolute atomic E-state index is 0.0683. The molecule has 1 aliphatic carbocycles. The molecular weight excluding hydrogens is 335 g/mol. The molecule has 3 rings (SSSR count). The van der Waals surface area contributed by atoms with Gasteiger partial charge in [0.15, 0.2) is 0 Å². The second-order valence-corrected chi connectivity index (χ2v) is 7.62. The Balaban J connectivity index is 1.85. The van der Waals surface area contributed by atoms with Crippen LogP contribution in [0.2, 0.25) is 0 Å². The summed E-state index contributed by atoms with van der Waals surface area (Å²) in [6.45, 7) is 3.86. The van der Waals surface area contributed by atoms with E-state index < -0.39 is 11.7 Å². The van der Waals surface area contributed by atoms with Gasteiger partial charge in [-0.2, -0.15) is 13.2 Å². The van der Waals surface area contributed by atoms with E-state index in [0.29, 0.717) is 12.0 Å². The number of alkyl halides is 3. The third kappa shape index (κ3) is 3.64. The summed E-state index contributed by atoms with van der Waals surface area (Å²) in [7, 11) is 0. The summed E-state index contributed by atoms with van der Waals surface area (Å²) in [5.74, 6) is -0.0683. The Morgan fingerprint density at radius 2 is 1.79 bits per heavy atom. The van der Waals surface area contributed by atoms with Crippen molar-refractivity contribution in [1.82, 2.24) is 5.32 Å². The third-order valence-corrected chi connectivity index (χ3v) is 5.25. The molecule has 0 saturated heterocycles. The molecule has 0 unspecified atom stereocenters. The lowest BCUT2D eigenvalue weighted by atomic mass is 9.99. The van der Waals surface area contributed by atoms with Crippen molar-refractivity contribution in [3.05, 3.63) is 56.3 Å². The van der Waals surface area contributed by atoms with E-state index in [9.17, 15) is 18.0 Å². The van der Waals surface area contributed by atoms with Crippen LogP contribution in [0.1, 0.15) is 49.6 Å². The summed E-state index contributed by atoms with van der Waals surface area (Å²) in [4.78, 5) is 14.5. The predicted molar refractivity (Wildman–Crippen MR) is 88.5 cm³/mol. The lowest BCUT2D eigenvalue weighted by molar-refractivity contribution is -0.137. The fourth-order valence-electron chi connectivity index (χ4n) is 2.74. The number of benzene rings is 1. The largest absolute Gasteiger partial charge is 0.416 e. The van der Waals surface area contributed by atoms with Crippen LogP contribution in [0.3, 0.4) is 0 Å². The van der Waals surface area contributed by atoms with Gasteiger partial charge in [-0.25, -0.2) is 0 Å². The zero-order valence-corrected chi connectivity index (χ0v) is 14.3. The van der Waals surface area contributed by atoms with Crippen LogP contribution in [0.5, 0.6) is 0 Å². The number of carbonyl (C=O) groups excluding carboxylic acids is 1. The number of hydrogen-bond acceptors (Lipinski definition) is 2. The van der Waals surface area contributed by atoms with E-state index >= 15 is 0 Å². The Bertz CT molecular complexity index is 758. The van der Waals surface area contributed by atoms with Crippen LogP contribution in [-0.4, -0.2) is 11.9 Å². The van der Waals surface area contributed by atoms with Gasteiger partial charge in [-0.15, -0.1) is 11.3 Å². The van der Waals surface area contributed by atoms with Crippen molar-refractivity contribution in [3.8, 4) is 0 Å². The smallest absolute Gasteiger partial charge is 0.349 e. The Hall–Kier alpha value is -1.82. The van der Waals surface area contributed by atoms with Gasteiger partial charge in [0.05, 0.1) is 11.1 Å². The monoisotopic (exact) mass is 353 g/mol. The molecular formula is C18H18F3NOS. The molecule has 0 spiro atoms. The van der Waals surface area contributed by atoms with Crippen molar-refractivity contribution < 1.29 is 18.0 Å². The van der Waals surface area contributed by atoms with E-state index in [0.717, 1.165) is 45.9 Å². The molecule has 2 nitrogen and oxygen atoms in total. The van der Waals surface area contributed by atoms with Crippen LogP contribution in [0.25, 0.3) is 0 Å². The third-order valence-electron chi connectivity index (χ3n) is 4.19. The van der Waals surface area contributed by atoms with Crippen LogP contribution in [0.15, 0.2) is 24.3 Å². The van der Waals surface area contributed by atoms with Gasteiger partial charge >= 0.3 is 6.18 Å². The lowest BCUT2D eigenvalue weighted by Crippen LogP contribution is -2.26. The van der Waals surface area contributed by atoms with Gasteiger partial charge in [-0.1, -0.05) is 12.1 Å². The van der Waals surface area contributed by atoms with Gasteiger partial charge in [-0.3, -0.25) is 4.79 Å². The second kappa shape index (κ2) is 6.24. The summed E-state index contributed by atoms with van der Waals surface area (Å²) >= 11 is 1.56. The van der Waals surface area contributed by atoms with Gasteiger partial charge in [0.1, 0.15) is 0 Å². The molecule has 0 atom stereocenters. The maximum absolute atomic E-state index is 12.7. The average molecular weight is 353 g/mol. The minimum Gasteiger partial charge on any atom is -0.349 e. The van der Waals surface area contributed by atoms with Crippen molar-refractivity contribution in [2.24, 2.45) is 0 Å². The zero-order valence-electron chi connectivity index (χ0n) is 13.5. The fraction of sp³-hybridized carbons (Fsp3) is 0.389. The molecule has 6 heteroatoms. The number of nitrogens with one attached hydrogen (secondary N) is 1. The van der Waals surface area contributed by atoms with E-state index in [4.69, 9.17) is 0 Å². The highest BCUT2D eigenvalue weighted by molar-refractivity contribution is 7.12. The second-order valence-electron chi connectivity index (χ2n) is 6.19. The predicted octanol–water partition coefficient (Wildman–Crippen LogP) is 4.87. The van der Waals surface area contributed by atoms with Crippen LogP contribution in [0.4, 0.5) is 13.2 Å². The molecule has 1 aliphatic rings. The highest BCUT2D eigenvalue weighted by Crippen LogP contribution is 2.32. The molecule has 128 valence electrons. The van der Waals surface area contributed by atoms with Gasteiger partial charge in [-0.05, 0) is 56.4 Å². The number of amides is 1. The highest BCUT2D eigenvalue weighted by Gasteiger charge is 2.30. The van der Waals surface area contributed by atoms with Gasteiger partial charge in [0.25, 0.3) is 5.91 Å². The summed E-state index contributed by atoms with van der Waals surface area (Å²) in [6.07, 6.45) is -1.84. The van der Waals surface area contributed by atoms with E-state index in [2.05, 4.69) is 5.32 Å². The number of rotatable bonds is 4. The SMILES string of the molecule is Cc1sc(C)c(C(=O)NC2CC2)c1Cc1ccc(C(F)(F)F)cc1. The maximum atomic E-state index is 12.7. The normalized spacial score (nSPS) is 14.7. The fourth-order valence-corrected chi connectivity index (χ4v) is 3.82. The summed E-state index contributed by atoms with van der Waals surface area (Å²) < 4.78 is 38.0. The molecule has 1 amide bonds. The van der Waals surface area contributed by atoms with Crippen molar-refractivity contribution in [1.29, 1.82) is 0 Å². The first-order valence-electron chi connectivity index (χ1n) is 7.81. The average Bonchev–Trinajstić information content (AvgIpc) is 3.25. The Labute approximate surface area is 142 Å². The number of halogens is 3. The van der Waals surface area contributed by atoms with Crippen molar-refractivity contribution in [2.45, 2.75) is 45.3 Å². The molecule has 24 heavy (non-hydrogen) atoms. The Morgan fingerprint density at radius 1 is 1.17 bits per heavy atom. The summed E-state index contributed by atoms with van der Waals surface area (Å²) in [6, 6.07) is 5.42. The molecule has 1 aromatic heterocycles. The number of carbonyl (C=O) groups is 1. The summed E-state index contributed by atoms with van der Waals surface area (Å²) in [5, 5.41) is 3.00. The Morgan fingerprint density at radius 3 is 2.33 bits per heavy atom. The van der Waals surface area contributed by atoms with Crippen LogP contribution in [-0.2, 0) is 12.6 Å². The number of thiophene rings is 1. The van der Waals surface area contributed by atoms with Crippen molar-refractivity contribution in [2.75, 3.05) is 0 Å². The molecule has 2 aromatic rings. The molecule has 0 radical (unpaired) electrons. The van der Waals surface area contributed by atoms with Gasteiger partial charge in [0.2, 0.25) is 0 Å². The molecule has 1 N–H and O–H groups in total. The summed E-state index contributed by atoms with van der Waals surface area (Å²) in [5.41, 5.74) is 1.71. The van der Waals surface area contributed by atoms with Crippen LogP contribution >= 0.6 is 11.3 Å². The first-order valence-corrected chi connectivity index (χ1v) is 8.63. The standard InChI is InChI=1S/C18H18F3NOS/c1-10-15(9-12-3-5-13(6-4-12)18(19,20)21)16(11(2)24-10)17(23)22-14-7-8-14/h3-6,14H,7-9H2,1-2H3,(H,22,23). The molecule has 0 aliphatic heterocycles. The topological polar surface area (TPSA) is 29.1 Å². The van der Waals surface area contributed by atoms with E-state index in [1.165, 1.54) is 12.1 Å². The molecule has 0 bridgehead atoms. The van der Waals surface area contributed by atoms with E-state index in [-0.39, 0.29) is 11.9 Å². The first-order chi connectivity index (χ1) is 11.3. The molecule has 1 aromatic carbocycles. The van der Waals surface area contributed by atoms with Crippen LogP contribution in [0, 0.1) is 13.8 Å². The van der Waals surface area contributed by atoms with Gasteiger partial charge < -0.3 is 5.32 Å². The lowest BCUT2D eigenvalue weighted by Gasteiger charge is -2.10. The highest BCUT2D eigenvalue weighted by atomic mass is 32.1. The van der Waals surface area contributed by atoms with Crippen molar-refractivity contribution >= 4 is 17.2 Å². The van der Waals surface area contributed by atoms with E-state index in [1.54, 1.807) is 11.3 Å². The number of hydrogen-bond donors (Lipinski definition) is 1. The minimum atomic E-state index is -4.33. The van der Waals surface area contributed by atoms with Crippen molar-refractivity contribution in [3.63, 3.8) is 0 Å². The van der Waals surface area contributed by atoms with Crippen LogP contribution < -0.4 is 5.32 Å². The quantitative estimate of drug-likeness (QED) is 0.835. The maximum Gasteiger partial charge on any atom is 0.416 e.